The molecule has 1 aromatic carbocycles. The molecule has 0 spiro atoms. The number of nitrogens with zero attached hydrogens (tertiary/aromatic N) is 2. The van der Waals surface area contributed by atoms with Crippen molar-refractivity contribution in [3.63, 3.8) is 0 Å². The van der Waals surface area contributed by atoms with Gasteiger partial charge in [-0.05, 0) is 6.07 Å². The van der Waals surface area contributed by atoms with Crippen molar-refractivity contribution in [3.05, 3.63) is 38.4 Å². The summed E-state index contributed by atoms with van der Waals surface area (Å²) in [5.41, 5.74) is -1.43. The molecule has 0 saturated carbocycles. The second-order valence-electron chi connectivity index (χ2n) is 3.05. The van der Waals surface area contributed by atoms with E-state index in [-0.39, 0.29) is 29.6 Å². The van der Waals surface area contributed by atoms with E-state index in [4.69, 9.17) is 0 Å². The molecule has 0 radical (unpaired) electrons. The molecule has 0 aliphatic carbocycles. The Morgan fingerprint density at radius 2 is 1.85 bits per heavy atom. The number of hydrogen-bond donors (Lipinski definition) is 1. The van der Waals surface area contributed by atoms with Crippen LogP contribution < -0.4 is 44.2 Å². The molecule has 20 heavy (non-hydrogen) atoms. The standard InChI is InChI=1S/C7H8N3O8P.Na/c1-17-8-19(15,16)18-7-3-2-5(9(11)12)4-6(7)10(13)14;/h2-4H,1H3,(H2,8,15,16);/q;+1/p-1. The van der Waals surface area contributed by atoms with E-state index in [0.717, 1.165) is 19.2 Å². The van der Waals surface area contributed by atoms with Gasteiger partial charge in [-0.1, -0.05) is 0 Å². The number of benzene rings is 1. The van der Waals surface area contributed by atoms with Gasteiger partial charge >= 0.3 is 35.2 Å². The zero-order chi connectivity index (χ0) is 14.6. The molecule has 104 valence electrons. The third kappa shape index (κ3) is 5.13. The minimum absolute atomic E-state index is 0. The monoisotopic (exact) mass is 315 g/mol. The smallest absolute Gasteiger partial charge is 0.755 e. The number of nitrogens with one attached hydrogen (secondary N) is 1. The molecule has 1 rings (SSSR count). The van der Waals surface area contributed by atoms with Crippen LogP contribution in [0.2, 0.25) is 0 Å². The summed E-state index contributed by atoms with van der Waals surface area (Å²) in [6, 6.07) is 2.26. The quantitative estimate of drug-likeness (QED) is 0.259. The van der Waals surface area contributed by atoms with Gasteiger partial charge in [0.15, 0.2) is 0 Å². The van der Waals surface area contributed by atoms with E-state index in [2.05, 4.69) is 9.36 Å². The second kappa shape index (κ2) is 7.64. The van der Waals surface area contributed by atoms with Gasteiger partial charge in [0.05, 0.1) is 23.0 Å². The minimum Gasteiger partial charge on any atom is -0.755 e. The molecular formula is C7H7N3NaO8P. The average molecular weight is 315 g/mol. The Morgan fingerprint density at radius 3 is 2.30 bits per heavy atom. The summed E-state index contributed by atoms with van der Waals surface area (Å²) >= 11 is 0. The fourth-order valence-corrected chi connectivity index (χ4v) is 1.77. The Bertz CT molecular complexity index is 567. The molecule has 0 aliphatic heterocycles. The molecule has 1 unspecified atom stereocenters. The molecule has 1 aromatic rings. The molecular weight excluding hydrogens is 308 g/mol. The van der Waals surface area contributed by atoms with Gasteiger partial charge in [-0.15, -0.1) is 5.25 Å². The van der Waals surface area contributed by atoms with Crippen LogP contribution in [0.15, 0.2) is 18.2 Å². The van der Waals surface area contributed by atoms with Crippen LogP contribution in [0.3, 0.4) is 0 Å². The van der Waals surface area contributed by atoms with E-state index in [1.807, 2.05) is 0 Å². The minimum atomic E-state index is -4.72. The van der Waals surface area contributed by atoms with Crippen LogP contribution in [0.1, 0.15) is 0 Å². The summed E-state index contributed by atoms with van der Waals surface area (Å²) in [5, 5.41) is 22.7. The van der Waals surface area contributed by atoms with Gasteiger partial charge in [-0.2, -0.15) is 0 Å². The average Bonchev–Trinajstić information content (AvgIpc) is 2.27. The largest absolute Gasteiger partial charge is 1.00 e. The van der Waals surface area contributed by atoms with Crippen LogP contribution in [0, 0.1) is 20.2 Å². The van der Waals surface area contributed by atoms with E-state index in [1.165, 1.54) is 5.25 Å². The number of nitro groups is 2. The van der Waals surface area contributed by atoms with Gasteiger partial charge in [0, 0.05) is 6.07 Å². The Balaban J connectivity index is 0.00000361. The van der Waals surface area contributed by atoms with Gasteiger partial charge in [0.1, 0.15) is 0 Å². The van der Waals surface area contributed by atoms with Crippen LogP contribution in [0.25, 0.3) is 0 Å². The van der Waals surface area contributed by atoms with Crippen molar-refractivity contribution in [1.29, 1.82) is 0 Å². The topological polar surface area (TPSA) is 157 Å². The summed E-state index contributed by atoms with van der Waals surface area (Å²) in [6.45, 7) is 0. The van der Waals surface area contributed by atoms with Gasteiger partial charge in [0.2, 0.25) is 5.75 Å². The molecule has 13 heteroatoms. The first-order valence-corrected chi connectivity index (χ1v) is 6.05. The van der Waals surface area contributed by atoms with Crippen molar-refractivity contribution in [2.24, 2.45) is 0 Å². The van der Waals surface area contributed by atoms with Crippen molar-refractivity contribution in [2.45, 2.75) is 0 Å². The van der Waals surface area contributed by atoms with Crippen molar-refractivity contribution in [1.82, 2.24) is 5.25 Å². The maximum Gasteiger partial charge on any atom is 1.00 e. The van der Waals surface area contributed by atoms with Crippen LogP contribution in [-0.2, 0) is 9.40 Å². The molecule has 0 aromatic heterocycles. The number of hydrogen-bond acceptors (Lipinski definition) is 8. The fraction of sp³-hybridized carbons (Fsp3) is 0.143. The maximum atomic E-state index is 11.2. The van der Waals surface area contributed by atoms with Crippen LogP contribution in [0.5, 0.6) is 5.75 Å². The predicted octanol–water partition coefficient (Wildman–Crippen LogP) is -2.49. The number of non-ortho nitro benzene ring substituents is 1. The van der Waals surface area contributed by atoms with E-state index in [0.29, 0.717) is 6.07 Å². The summed E-state index contributed by atoms with van der Waals surface area (Å²) in [7, 11) is -3.72. The maximum absolute atomic E-state index is 11.2. The Labute approximate surface area is 134 Å². The molecule has 0 amide bonds. The van der Waals surface area contributed by atoms with E-state index < -0.39 is 34.7 Å². The fourth-order valence-electron chi connectivity index (χ4n) is 1.10. The Morgan fingerprint density at radius 1 is 1.25 bits per heavy atom. The van der Waals surface area contributed by atoms with Crippen LogP contribution in [0.4, 0.5) is 11.4 Å². The molecule has 0 saturated heterocycles. The third-order valence-electron chi connectivity index (χ3n) is 1.77. The van der Waals surface area contributed by atoms with Crippen LogP contribution >= 0.6 is 7.75 Å². The summed E-state index contributed by atoms with van der Waals surface area (Å²) in [4.78, 5) is 34.6. The molecule has 1 atom stereocenters. The van der Waals surface area contributed by atoms with Crippen molar-refractivity contribution >= 4 is 19.1 Å². The van der Waals surface area contributed by atoms with Gasteiger partial charge in [-0.25, -0.2) is 0 Å². The summed E-state index contributed by atoms with van der Waals surface area (Å²) in [6.07, 6.45) is 0. The summed E-state index contributed by atoms with van der Waals surface area (Å²) < 4.78 is 15.6. The van der Waals surface area contributed by atoms with E-state index in [9.17, 15) is 29.7 Å². The van der Waals surface area contributed by atoms with E-state index >= 15 is 0 Å². The van der Waals surface area contributed by atoms with Crippen molar-refractivity contribution < 1.29 is 58.2 Å². The molecule has 0 fully saturated rings. The zero-order valence-corrected chi connectivity index (χ0v) is 13.2. The Kier molecular flexibility index (Phi) is 7.23. The van der Waals surface area contributed by atoms with Crippen molar-refractivity contribution in [2.75, 3.05) is 7.11 Å². The third-order valence-corrected chi connectivity index (χ3v) is 2.61. The van der Waals surface area contributed by atoms with Gasteiger partial charge < -0.3 is 9.42 Å². The number of rotatable bonds is 6. The summed E-state index contributed by atoms with van der Waals surface area (Å²) in [5.74, 6) is -0.668. The molecule has 11 nitrogen and oxygen atoms in total. The molecule has 0 bridgehead atoms. The Hall–Kier alpha value is -1.07. The SMILES string of the molecule is CONP(=O)([O-])Oc1ccc([N+](=O)[O-])cc1[N+](=O)[O-].[Na+]. The zero-order valence-electron chi connectivity index (χ0n) is 10.3. The first-order chi connectivity index (χ1) is 8.76. The molecule has 0 aliphatic rings. The van der Waals surface area contributed by atoms with Gasteiger partial charge in [-0.3, -0.25) is 29.6 Å². The first kappa shape index (κ1) is 18.9. The molecule has 1 N–H and O–H groups in total. The molecule has 0 heterocycles. The van der Waals surface area contributed by atoms with Crippen molar-refractivity contribution in [3.8, 4) is 5.75 Å². The van der Waals surface area contributed by atoms with E-state index in [1.54, 1.807) is 0 Å². The first-order valence-electron chi connectivity index (χ1n) is 4.50. The van der Waals surface area contributed by atoms with Crippen LogP contribution in [-0.4, -0.2) is 17.0 Å². The predicted molar refractivity (Wildman–Crippen MR) is 58.1 cm³/mol. The number of nitro benzene ring substituents is 2. The normalized spacial score (nSPS) is 12.9. The van der Waals surface area contributed by atoms with Gasteiger partial charge in [0.25, 0.3) is 13.4 Å². The second-order valence-corrected chi connectivity index (χ2v) is 4.41.